The molecule has 1 heterocycles. The zero-order valence-electron chi connectivity index (χ0n) is 13.2. The van der Waals surface area contributed by atoms with Crippen LogP contribution in [0.3, 0.4) is 0 Å². The van der Waals surface area contributed by atoms with Crippen molar-refractivity contribution in [2.45, 2.75) is 46.3 Å². The largest absolute Gasteiger partial charge is 0.459 e. The Morgan fingerprint density at radius 2 is 2.00 bits per heavy atom. The minimum absolute atomic E-state index is 0.0666. The number of furan rings is 1. The van der Waals surface area contributed by atoms with Crippen molar-refractivity contribution < 1.29 is 9.15 Å². The van der Waals surface area contributed by atoms with Crippen LogP contribution < -0.4 is 5.32 Å². The van der Waals surface area contributed by atoms with Crippen LogP contribution in [0.25, 0.3) is 11.0 Å². The van der Waals surface area contributed by atoms with E-state index in [1.165, 1.54) is 10.9 Å². The number of fused-ring (bicyclic) bond motifs is 1. The van der Waals surface area contributed by atoms with E-state index < -0.39 is 0 Å². The molecule has 0 unspecified atom stereocenters. The Morgan fingerprint density at radius 3 is 2.60 bits per heavy atom. The average molecular weight is 275 g/mol. The maximum Gasteiger partial charge on any atom is 0.138 e. The van der Waals surface area contributed by atoms with Gasteiger partial charge in [-0.1, -0.05) is 45.9 Å². The Bertz CT molecular complexity index is 578. The van der Waals surface area contributed by atoms with Crippen LogP contribution in [-0.4, -0.2) is 13.7 Å². The SMILES string of the molecule is CCNCc1oc2c(C(C)(C)C)cccc2c1COC. The van der Waals surface area contributed by atoms with Crippen molar-refractivity contribution in [1.82, 2.24) is 5.32 Å². The summed E-state index contributed by atoms with van der Waals surface area (Å²) < 4.78 is 11.5. The third-order valence-corrected chi connectivity index (χ3v) is 3.53. The highest BCUT2D eigenvalue weighted by Crippen LogP contribution is 2.35. The third kappa shape index (κ3) is 2.89. The van der Waals surface area contributed by atoms with E-state index in [0.29, 0.717) is 6.61 Å². The van der Waals surface area contributed by atoms with Crippen LogP contribution in [0.15, 0.2) is 22.6 Å². The average Bonchev–Trinajstić information content (AvgIpc) is 2.74. The zero-order valence-corrected chi connectivity index (χ0v) is 13.2. The topological polar surface area (TPSA) is 34.4 Å². The molecule has 20 heavy (non-hydrogen) atoms. The van der Waals surface area contributed by atoms with E-state index in [1.807, 2.05) is 0 Å². The molecule has 0 fully saturated rings. The summed E-state index contributed by atoms with van der Waals surface area (Å²) in [5.41, 5.74) is 3.47. The lowest BCUT2D eigenvalue weighted by molar-refractivity contribution is 0.183. The summed E-state index contributed by atoms with van der Waals surface area (Å²) in [5.74, 6) is 0.986. The van der Waals surface area contributed by atoms with Gasteiger partial charge in [0.05, 0.1) is 13.2 Å². The van der Waals surface area contributed by atoms with Gasteiger partial charge in [-0.05, 0) is 12.0 Å². The number of benzene rings is 1. The molecule has 0 spiro atoms. The van der Waals surface area contributed by atoms with Crippen molar-refractivity contribution in [2.75, 3.05) is 13.7 Å². The number of para-hydroxylation sites is 1. The Labute approximate surface area is 121 Å². The van der Waals surface area contributed by atoms with E-state index in [1.54, 1.807) is 7.11 Å². The van der Waals surface area contributed by atoms with Crippen molar-refractivity contribution in [3.05, 3.63) is 35.1 Å². The second-order valence-electron chi connectivity index (χ2n) is 6.15. The molecule has 0 aliphatic heterocycles. The van der Waals surface area contributed by atoms with Gasteiger partial charge >= 0.3 is 0 Å². The van der Waals surface area contributed by atoms with E-state index in [9.17, 15) is 0 Å². The molecule has 0 atom stereocenters. The first-order valence-electron chi connectivity index (χ1n) is 7.22. The van der Waals surface area contributed by atoms with Gasteiger partial charge in [0.1, 0.15) is 11.3 Å². The van der Waals surface area contributed by atoms with Gasteiger partial charge < -0.3 is 14.5 Å². The van der Waals surface area contributed by atoms with E-state index >= 15 is 0 Å². The number of hydrogen-bond acceptors (Lipinski definition) is 3. The molecule has 110 valence electrons. The Hall–Kier alpha value is -1.32. The summed E-state index contributed by atoms with van der Waals surface area (Å²) in [4.78, 5) is 0. The highest BCUT2D eigenvalue weighted by Gasteiger charge is 2.22. The van der Waals surface area contributed by atoms with E-state index in [-0.39, 0.29) is 5.41 Å². The summed E-state index contributed by atoms with van der Waals surface area (Å²) in [6.07, 6.45) is 0. The first kappa shape index (κ1) is 15.1. The monoisotopic (exact) mass is 275 g/mol. The lowest BCUT2D eigenvalue weighted by atomic mass is 9.86. The Balaban J connectivity index is 2.60. The first-order chi connectivity index (χ1) is 9.49. The van der Waals surface area contributed by atoms with Crippen molar-refractivity contribution >= 4 is 11.0 Å². The van der Waals surface area contributed by atoms with Crippen LogP contribution in [0.2, 0.25) is 0 Å². The van der Waals surface area contributed by atoms with E-state index in [2.05, 4.69) is 51.2 Å². The molecule has 0 saturated carbocycles. The highest BCUT2D eigenvalue weighted by atomic mass is 16.5. The van der Waals surface area contributed by atoms with Crippen molar-refractivity contribution in [1.29, 1.82) is 0 Å². The van der Waals surface area contributed by atoms with Crippen LogP contribution >= 0.6 is 0 Å². The first-order valence-corrected chi connectivity index (χ1v) is 7.22. The minimum Gasteiger partial charge on any atom is -0.459 e. The summed E-state index contributed by atoms with van der Waals surface area (Å²) in [6.45, 7) is 11.0. The fourth-order valence-corrected chi connectivity index (χ4v) is 2.49. The molecule has 1 N–H and O–H groups in total. The number of methoxy groups -OCH3 is 1. The van der Waals surface area contributed by atoms with Gasteiger partial charge in [0.2, 0.25) is 0 Å². The molecular weight excluding hydrogens is 250 g/mol. The maximum absolute atomic E-state index is 6.17. The second-order valence-corrected chi connectivity index (χ2v) is 6.15. The van der Waals surface area contributed by atoms with E-state index in [0.717, 1.165) is 30.0 Å². The van der Waals surface area contributed by atoms with Crippen LogP contribution in [0, 0.1) is 0 Å². The van der Waals surface area contributed by atoms with Gasteiger partial charge in [0.15, 0.2) is 0 Å². The van der Waals surface area contributed by atoms with Crippen molar-refractivity contribution in [3.8, 4) is 0 Å². The summed E-state index contributed by atoms with van der Waals surface area (Å²) >= 11 is 0. The van der Waals surface area contributed by atoms with Gasteiger partial charge in [-0.25, -0.2) is 0 Å². The lowest BCUT2D eigenvalue weighted by Crippen LogP contribution is -2.12. The van der Waals surface area contributed by atoms with Crippen LogP contribution in [0.5, 0.6) is 0 Å². The molecule has 1 aromatic carbocycles. The number of ether oxygens (including phenoxy) is 1. The molecule has 2 rings (SSSR count). The molecule has 3 heteroatoms. The van der Waals surface area contributed by atoms with Crippen LogP contribution in [-0.2, 0) is 23.3 Å². The van der Waals surface area contributed by atoms with Gasteiger partial charge in [-0.15, -0.1) is 0 Å². The third-order valence-electron chi connectivity index (χ3n) is 3.53. The molecule has 0 saturated heterocycles. The maximum atomic E-state index is 6.17. The normalized spacial score (nSPS) is 12.2. The number of nitrogens with one attached hydrogen (secondary N) is 1. The molecule has 0 bridgehead atoms. The minimum atomic E-state index is 0.0666. The summed E-state index contributed by atoms with van der Waals surface area (Å²) in [6, 6.07) is 6.38. The fourth-order valence-electron chi connectivity index (χ4n) is 2.49. The van der Waals surface area contributed by atoms with Gasteiger partial charge in [-0.3, -0.25) is 0 Å². The molecule has 0 amide bonds. The Kier molecular flexibility index (Phi) is 4.51. The Morgan fingerprint density at radius 1 is 1.25 bits per heavy atom. The molecular formula is C17H25NO2. The van der Waals surface area contributed by atoms with Crippen LogP contribution in [0.4, 0.5) is 0 Å². The molecule has 0 aliphatic carbocycles. The van der Waals surface area contributed by atoms with E-state index in [4.69, 9.17) is 9.15 Å². The number of rotatable bonds is 5. The standard InChI is InChI=1S/C17H25NO2/c1-6-18-10-15-13(11-19-5)12-8-7-9-14(16(12)20-15)17(2,3)4/h7-9,18H,6,10-11H2,1-5H3. The summed E-state index contributed by atoms with van der Waals surface area (Å²) in [7, 11) is 1.73. The van der Waals surface area contributed by atoms with Gasteiger partial charge in [-0.2, -0.15) is 0 Å². The van der Waals surface area contributed by atoms with Crippen molar-refractivity contribution in [2.24, 2.45) is 0 Å². The molecule has 0 radical (unpaired) electrons. The molecule has 3 nitrogen and oxygen atoms in total. The fraction of sp³-hybridized carbons (Fsp3) is 0.529. The smallest absolute Gasteiger partial charge is 0.138 e. The zero-order chi connectivity index (χ0) is 14.8. The second kappa shape index (κ2) is 5.98. The lowest BCUT2D eigenvalue weighted by Gasteiger charge is -2.18. The predicted molar refractivity (Wildman–Crippen MR) is 83.0 cm³/mol. The molecule has 1 aromatic heterocycles. The molecule has 2 aromatic rings. The van der Waals surface area contributed by atoms with Crippen LogP contribution in [0.1, 0.15) is 44.6 Å². The summed E-state index contributed by atoms with van der Waals surface area (Å²) in [5, 5.41) is 4.51. The van der Waals surface area contributed by atoms with Crippen molar-refractivity contribution in [3.63, 3.8) is 0 Å². The highest BCUT2D eigenvalue weighted by molar-refractivity contribution is 5.85. The molecule has 0 aliphatic rings. The van der Waals surface area contributed by atoms with Gasteiger partial charge in [0.25, 0.3) is 0 Å². The van der Waals surface area contributed by atoms with Gasteiger partial charge in [0, 0.05) is 23.6 Å². The number of hydrogen-bond donors (Lipinski definition) is 1. The quantitative estimate of drug-likeness (QED) is 0.896. The predicted octanol–water partition coefficient (Wildman–Crippen LogP) is 3.99.